The third kappa shape index (κ3) is 2.52. The summed E-state index contributed by atoms with van der Waals surface area (Å²) < 4.78 is 0. The van der Waals surface area contributed by atoms with Gasteiger partial charge in [0.25, 0.3) is 0 Å². The van der Waals surface area contributed by atoms with Crippen LogP contribution in [0.2, 0.25) is 5.28 Å². The maximum Gasteiger partial charge on any atom is 0.244 e. The Kier molecular flexibility index (Phi) is 3.42. The van der Waals surface area contributed by atoms with Crippen LogP contribution in [0, 0.1) is 0 Å². The van der Waals surface area contributed by atoms with Gasteiger partial charge in [0.15, 0.2) is 5.82 Å². The van der Waals surface area contributed by atoms with Crippen LogP contribution in [0.3, 0.4) is 0 Å². The van der Waals surface area contributed by atoms with E-state index in [0.717, 1.165) is 12.2 Å². The van der Waals surface area contributed by atoms with E-state index in [4.69, 9.17) is 11.6 Å². The Bertz CT molecular complexity index is 279. The lowest BCUT2D eigenvalue weighted by molar-refractivity contribution is 0.653. The van der Waals surface area contributed by atoms with E-state index in [-0.39, 0.29) is 5.28 Å². The maximum absolute atomic E-state index is 5.63. The van der Waals surface area contributed by atoms with E-state index in [1.807, 2.05) is 11.9 Å². The molecule has 0 fully saturated rings. The number of aromatic nitrogens is 3. The van der Waals surface area contributed by atoms with Crippen LogP contribution in [0.25, 0.3) is 0 Å². The average Bonchev–Trinajstić information content (AvgIpc) is 2.15. The van der Waals surface area contributed by atoms with Gasteiger partial charge < -0.3 is 4.90 Å². The molecular formula is C8H13ClN4. The predicted molar refractivity (Wildman–Crippen MR) is 53.0 cm³/mol. The third-order valence-electron chi connectivity index (χ3n) is 2.13. The zero-order valence-corrected chi connectivity index (χ0v) is 8.78. The highest BCUT2D eigenvalue weighted by atomic mass is 35.5. The Morgan fingerprint density at radius 1 is 1.62 bits per heavy atom. The van der Waals surface area contributed by atoms with Gasteiger partial charge in [-0.2, -0.15) is 10.1 Å². The average molecular weight is 201 g/mol. The molecule has 1 aromatic heterocycles. The number of halogens is 1. The van der Waals surface area contributed by atoms with E-state index >= 15 is 0 Å². The summed E-state index contributed by atoms with van der Waals surface area (Å²) in [6.07, 6.45) is 2.66. The summed E-state index contributed by atoms with van der Waals surface area (Å²) in [5.41, 5.74) is 0. The van der Waals surface area contributed by atoms with Crippen molar-refractivity contribution < 1.29 is 0 Å². The number of hydrogen-bond donors (Lipinski definition) is 0. The van der Waals surface area contributed by atoms with E-state index in [0.29, 0.717) is 6.04 Å². The fourth-order valence-corrected chi connectivity index (χ4v) is 1.07. The molecule has 0 spiro atoms. The molecule has 13 heavy (non-hydrogen) atoms. The van der Waals surface area contributed by atoms with Crippen molar-refractivity contribution in [3.05, 3.63) is 11.5 Å². The maximum atomic E-state index is 5.63. The number of rotatable bonds is 3. The van der Waals surface area contributed by atoms with Crippen LogP contribution >= 0.6 is 11.6 Å². The van der Waals surface area contributed by atoms with Gasteiger partial charge in [-0.1, -0.05) is 6.92 Å². The van der Waals surface area contributed by atoms with Crippen molar-refractivity contribution in [2.75, 3.05) is 11.9 Å². The van der Waals surface area contributed by atoms with Crippen LogP contribution in [0.5, 0.6) is 0 Å². The Balaban J connectivity index is 2.82. The van der Waals surface area contributed by atoms with E-state index in [1.165, 1.54) is 0 Å². The standard InChI is InChI=1S/C8H13ClN4/c1-4-6(2)13(3)7-5-10-12-8(9)11-7/h5-6H,4H2,1-3H3. The molecule has 1 aromatic rings. The summed E-state index contributed by atoms with van der Waals surface area (Å²) in [6, 6.07) is 0.424. The molecule has 1 unspecified atom stereocenters. The molecular weight excluding hydrogens is 188 g/mol. The Morgan fingerprint density at radius 2 is 2.31 bits per heavy atom. The summed E-state index contributed by atoms with van der Waals surface area (Å²) in [4.78, 5) is 6.09. The second kappa shape index (κ2) is 4.37. The number of hydrogen-bond acceptors (Lipinski definition) is 4. The molecule has 0 N–H and O–H groups in total. The Hall–Kier alpha value is -0.900. The molecule has 0 saturated carbocycles. The van der Waals surface area contributed by atoms with Gasteiger partial charge in [-0.25, -0.2) is 0 Å². The quantitative estimate of drug-likeness (QED) is 0.746. The lowest BCUT2D eigenvalue weighted by Gasteiger charge is -2.23. The van der Waals surface area contributed by atoms with Crippen molar-refractivity contribution in [3.63, 3.8) is 0 Å². The Morgan fingerprint density at radius 3 is 2.85 bits per heavy atom. The lowest BCUT2D eigenvalue weighted by Crippen LogP contribution is -2.29. The van der Waals surface area contributed by atoms with Crippen LogP contribution in [0.15, 0.2) is 6.20 Å². The largest absolute Gasteiger partial charge is 0.356 e. The van der Waals surface area contributed by atoms with Gasteiger partial charge in [0.05, 0.1) is 6.20 Å². The molecule has 5 heteroatoms. The molecule has 1 rings (SSSR count). The summed E-state index contributed by atoms with van der Waals surface area (Å²) in [6.45, 7) is 4.24. The van der Waals surface area contributed by atoms with Crippen molar-refractivity contribution in [1.29, 1.82) is 0 Å². The van der Waals surface area contributed by atoms with Crippen molar-refractivity contribution in [3.8, 4) is 0 Å². The van der Waals surface area contributed by atoms with Gasteiger partial charge in [-0.05, 0) is 24.9 Å². The molecule has 72 valence electrons. The number of nitrogens with zero attached hydrogens (tertiary/aromatic N) is 4. The van der Waals surface area contributed by atoms with Gasteiger partial charge in [0.1, 0.15) is 0 Å². The van der Waals surface area contributed by atoms with Crippen LogP contribution in [0.1, 0.15) is 20.3 Å². The molecule has 0 aliphatic heterocycles. The molecule has 0 radical (unpaired) electrons. The van der Waals surface area contributed by atoms with Crippen LogP contribution < -0.4 is 4.90 Å². The lowest BCUT2D eigenvalue weighted by atomic mass is 10.2. The smallest absolute Gasteiger partial charge is 0.244 e. The monoisotopic (exact) mass is 200 g/mol. The molecule has 1 atom stereocenters. The first kappa shape index (κ1) is 10.2. The van der Waals surface area contributed by atoms with E-state index in [1.54, 1.807) is 6.20 Å². The minimum absolute atomic E-state index is 0.188. The van der Waals surface area contributed by atoms with Gasteiger partial charge in [0.2, 0.25) is 5.28 Å². The van der Waals surface area contributed by atoms with E-state index in [9.17, 15) is 0 Å². The van der Waals surface area contributed by atoms with Crippen LogP contribution in [-0.4, -0.2) is 28.3 Å². The van der Waals surface area contributed by atoms with Gasteiger partial charge in [-0.3, -0.25) is 0 Å². The zero-order valence-electron chi connectivity index (χ0n) is 8.03. The molecule has 4 nitrogen and oxygen atoms in total. The first-order valence-corrected chi connectivity index (χ1v) is 4.61. The van der Waals surface area contributed by atoms with E-state index in [2.05, 4.69) is 29.0 Å². The molecule has 0 saturated heterocycles. The predicted octanol–water partition coefficient (Wildman–Crippen LogP) is 1.76. The van der Waals surface area contributed by atoms with E-state index < -0.39 is 0 Å². The van der Waals surface area contributed by atoms with Crippen molar-refractivity contribution in [1.82, 2.24) is 15.2 Å². The van der Waals surface area contributed by atoms with Crippen LogP contribution in [-0.2, 0) is 0 Å². The van der Waals surface area contributed by atoms with Gasteiger partial charge >= 0.3 is 0 Å². The molecule has 0 aliphatic carbocycles. The fourth-order valence-electron chi connectivity index (χ4n) is 0.943. The van der Waals surface area contributed by atoms with Crippen molar-refractivity contribution in [2.24, 2.45) is 0 Å². The summed E-state index contributed by atoms with van der Waals surface area (Å²) >= 11 is 5.63. The fraction of sp³-hybridized carbons (Fsp3) is 0.625. The van der Waals surface area contributed by atoms with Gasteiger partial charge in [0, 0.05) is 13.1 Å². The third-order valence-corrected chi connectivity index (χ3v) is 2.29. The molecule has 0 bridgehead atoms. The topological polar surface area (TPSA) is 41.9 Å². The van der Waals surface area contributed by atoms with Crippen LogP contribution in [0.4, 0.5) is 5.82 Å². The first-order valence-electron chi connectivity index (χ1n) is 4.23. The molecule has 0 aromatic carbocycles. The second-order valence-electron chi connectivity index (χ2n) is 2.95. The summed E-state index contributed by atoms with van der Waals surface area (Å²) in [5, 5.41) is 7.51. The minimum atomic E-state index is 0.188. The molecule has 0 amide bonds. The van der Waals surface area contributed by atoms with Crippen molar-refractivity contribution in [2.45, 2.75) is 26.3 Å². The SMILES string of the molecule is CCC(C)N(C)c1cnnc(Cl)n1. The second-order valence-corrected chi connectivity index (χ2v) is 3.29. The summed E-state index contributed by atoms with van der Waals surface area (Å²) in [5.74, 6) is 0.759. The zero-order chi connectivity index (χ0) is 9.84. The van der Waals surface area contributed by atoms with Gasteiger partial charge in [-0.15, -0.1) is 5.10 Å². The summed E-state index contributed by atoms with van der Waals surface area (Å²) in [7, 11) is 1.97. The van der Waals surface area contributed by atoms with Crippen molar-refractivity contribution >= 4 is 17.4 Å². The minimum Gasteiger partial charge on any atom is -0.356 e. The highest BCUT2D eigenvalue weighted by molar-refractivity contribution is 6.28. The normalized spacial score (nSPS) is 12.6. The highest BCUT2D eigenvalue weighted by Crippen LogP contribution is 2.13. The Labute approximate surface area is 82.9 Å². The first-order chi connectivity index (χ1) is 6.15. The number of anilines is 1. The molecule has 1 heterocycles. The molecule has 0 aliphatic rings. The highest BCUT2D eigenvalue weighted by Gasteiger charge is 2.09.